The van der Waals surface area contributed by atoms with Gasteiger partial charge in [0, 0.05) is 52.6 Å². The van der Waals surface area contributed by atoms with Crippen molar-refractivity contribution in [3.8, 4) is 0 Å². The Kier molecular flexibility index (Phi) is 4.71. The number of H-pyrrole nitrogens is 1. The molecular weight excluding hydrogens is 440 g/mol. The van der Waals surface area contributed by atoms with Gasteiger partial charge in [0.15, 0.2) is 0 Å². The number of rotatable bonds is 4. The van der Waals surface area contributed by atoms with Crippen LogP contribution in [0.2, 0.25) is 0 Å². The van der Waals surface area contributed by atoms with Gasteiger partial charge in [-0.15, -0.1) is 0 Å². The fraction of sp³-hybridized carbons (Fsp3) is 0.500. The number of benzene rings is 2. The molecule has 1 aromatic heterocycles. The number of fused-ring (bicyclic) bond motifs is 3. The first-order valence-corrected chi connectivity index (χ1v) is 13.8. The number of anilines is 1. The summed E-state index contributed by atoms with van der Waals surface area (Å²) in [5, 5.41) is 9.07. The van der Waals surface area contributed by atoms with Gasteiger partial charge >= 0.3 is 0 Å². The quantitative estimate of drug-likeness (QED) is 0.421. The lowest BCUT2D eigenvalue weighted by atomic mass is 9.59. The summed E-state index contributed by atoms with van der Waals surface area (Å²) >= 11 is 0. The number of aromatic nitrogens is 1. The molecule has 2 aliphatic carbocycles. The van der Waals surface area contributed by atoms with Crippen LogP contribution < -0.4 is 10.6 Å². The first kappa shape index (κ1) is 22.6. The van der Waals surface area contributed by atoms with Crippen LogP contribution in [0.4, 0.5) is 5.69 Å². The van der Waals surface area contributed by atoms with E-state index in [1.807, 2.05) is 0 Å². The third kappa shape index (κ3) is 2.67. The average molecular weight is 481 g/mol. The summed E-state index contributed by atoms with van der Waals surface area (Å²) in [4.78, 5) is 6.67. The highest BCUT2D eigenvalue weighted by molar-refractivity contribution is 5.85. The van der Waals surface area contributed by atoms with Crippen molar-refractivity contribution in [1.29, 1.82) is 0 Å². The van der Waals surface area contributed by atoms with E-state index in [9.17, 15) is 0 Å². The molecule has 0 amide bonds. The maximum absolute atomic E-state index is 4.23. The number of aromatic amines is 1. The minimum Gasteiger partial charge on any atom is -0.376 e. The van der Waals surface area contributed by atoms with Crippen LogP contribution in [-0.4, -0.2) is 49.2 Å². The van der Waals surface area contributed by atoms with Crippen LogP contribution in [0.1, 0.15) is 49.9 Å². The molecule has 0 bridgehead atoms. The van der Waals surface area contributed by atoms with E-state index in [4.69, 9.17) is 0 Å². The summed E-state index contributed by atoms with van der Waals surface area (Å²) in [6.45, 7) is 10.6. The molecule has 2 fully saturated rings. The van der Waals surface area contributed by atoms with Crippen molar-refractivity contribution in [3.05, 3.63) is 77.0 Å². The second kappa shape index (κ2) is 7.49. The lowest BCUT2D eigenvalue weighted by Gasteiger charge is -2.46. The van der Waals surface area contributed by atoms with Gasteiger partial charge in [0.25, 0.3) is 0 Å². The summed E-state index contributed by atoms with van der Waals surface area (Å²) < 4.78 is 0. The van der Waals surface area contributed by atoms with Gasteiger partial charge in [-0.1, -0.05) is 61.9 Å². The second-order valence-corrected chi connectivity index (χ2v) is 12.9. The molecule has 0 unspecified atom stereocenters. The number of nitrogens with one attached hydrogen (secondary N) is 3. The Labute approximate surface area is 215 Å². The highest BCUT2D eigenvalue weighted by Crippen LogP contribution is 2.74. The van der Waals surface area contributed by atoms with E-state index in [2.05, 4.69) is 110 Å². The van der Waals surface area contributed by atoms with Crippen LogP contribution >= 0.6 is 0 Å². The van der Waals surface area contributed by atoms with Crippen LogP contribution in [0, 0.1) is 17.3 Å². The molecule has 3 aromatic rings. The Balaban J connectivity index is 1.57. The van der Waals surface area contributed by atoms with Crippen molar-refractivity contribution in [1.82, 2.24) is 15.2 Å². The number of hydrogen-bond donors (Lipinski definition) is 3. The van der Waals surface area contributed by atoms with Crippen LogP contribution in [0.25, 0.3) is 10.9 Å². The highest BCUT2D eigenvalue weighted by Gasteiger charge is 2.77. The molecule has 0 radical (unpaired) electrons. The molecule has 2 aromatic carbocycles. The van der Waals surface area contributed by atoms with Gasteiger partial charge in [0.1, 0.15) is 0 Å². The predicted octanol–water partition coefficient (Wildman–Crippen LogP) is 5.68. The van der Waals surface area contributed by atoms with Gasteiger partial charge in [-0.2, -0.15) is 0 Å². The maximum atomic E-state index is 4.23. The monoisotopic (exact) mass is 480 g/mol. The van der Waals surface area contributed by atoms with Gasteiger partial charge in [-0.3, -0.25) is 0 Å². The molecule has 36 heavy (non-hydrogen) atoms. The number of hydrogen-bond acceptors (Lipinski definition) is 3. The van der Waals surface area contributed by atoms with Crippen LogP contribution in [0.3, 0.4) is 0 Å². The van der Waals surface area contributed by atoms with E-state index in [1.54, 1.807) is 5.57 Å². The number of likely N-dealkylation sites (tertiary alicyclic amines) is 1. The first-order valence-electron chi connectivity index (χ1n) is 13.8. The summed E-state index contributed by atoms with van der Waals surface area (Å²) in [5.74, 6) is 1.48. The Hall–Kier alpha value is -2.56. The lowest BCUT2D eigenvalue weighted by Crippen LogP contribution is -2.53. The fourth-order valence-corrected chi connectivity index (χ4v) is 9.55. The summed E-state index contributed by atoms with van der Waals surface area (Å²) in [5.41, 5.74) is 9.03. The topological polar surface area (TPSA) is 43.1 Å². The summed E-state index contributed by atoms with van der Waals surface area (Å²) in [6, 6.07) is 18.2. The van der Waals surface area contributed by atoms with Crippen molar-refractivity contribution in [3.63, 3.8) is 0 Å². The zero-order valence-electron chi connectivity index (χ0n) is 22.4. The molecule has 2 aliphatic heterocycles. The van der Waals surface area contributed by atoms with E-state index < -0.39 is 0 Å². The van der Waals surface area contributed by atoms with Crippen LogP contribution in [0.5, 0.6) is 0 Å². The van der Waals surface area contributed by atoms with Gasteiger partial charge < -0.3 is 20.5 Å². The maximum Gasteiger partial charge on any atom is 0.0681 e. The van der Waals surface area contributed by atoms with Crippen molar-refractivity contribution in [2.24, 2.45) is 17.3 Å². The zero-order chi connectivity index (χ0) is 24.9. The smallest absolute Gasteiger partial charge is 0.0681 e. The molecule has 3 N–H and O–H groups in total. The third-order valence-corrected chi connectivity index (χ3v) is 10.3. The van der Waals surface area contributed by atoms with Crippen LogP contribution in [0.15, 0.2) is 60.2 Å². The Morgan fingerprint density at radius 1 is 1.06 bits per heavy atom. The zero-order valence-corrected chi connectivity index (χ0v) is 22.4. The number of nitrogens with zero attached hydrogens (tertiary/aromatic N) is 1. The van der Waals surface area contributed by atoms with Gasteiger partial charge in [-0.25, -0.2) is 0 Å². The molecule has 1 saturated heterocycles. The average Bonchev–Trinajstić information content (AvgIpc) is 3.48. The largest absolute Gasteiger partial charge is 0.376 e. The van der Waals surface area contributed by atoms with Gasteiger partial charge in [0.2, 0.25) is 0 Å². The Morgan fingerprint density at radius 3 is 2.67 bits per heavy atom. The molecule has 0 spiro atoms. The lowest BCUT2D eigenvalue weighted by molar-refractivity contribution is 0.122. The fourth-order valence-electron chi connectivity index (χ4n) is 9.55. The normalized spacial score (nSPS) is 34.1. The molecule has 1 saturated carbocycles. The molecule has 188 valence electrons. The highest BCUT2D eigenvalue weighted by atomic mass is 15.3. The molecule has 3 heterocycles. The SMILES string of the molecule is CNCCc1c([C@@H]2[C@@H]3[C@H](C=C(C)CC3(C)C)[C@@]34CN(C)C[C@@]23c2ccccc2N4)[nH]c2ccccc12. The van der Waals surface area contributed by atoms with Gasteiger partial charge in [0.05, 0.1) is 5.54 Å². The van der Waals surface area contributed by atoms with E-state index in [-0.39, 0.29) is 16.4 Å². The van der Waals surface area contributed by atoms with Crippen molar-refractivity contribution < 1.29 is 0 Å². The Bertz CT molecular complexity index is 1380. The molecule has 4 nitrogen and oxygen atoms in total. The summed E-state index contributed by atoms with van der Waals surface area (Å²) in [7, 11) is 4.41. The predicted molar refractivity (Wildman–Crippen MR) is 150 cm³/mol. The van der Waals surface area contributed by atoms with E-state index in [0.717, 1.165) is 26.1 Å². The molecule has 7 rings (SSSR count). The second-order valence-electron chi connectivity index (χ2n) is 12.9. The first-order chi connectivity index (χ1) is 17.3. The van der Waals surface area contributed by atoms with E-state index in [0.29, 0.717) is 17.8 Å². The number of allylic oxidation sites excluding steroid dienone is 1. The van der Waals surface area contributed by atoms with Crippen molar-refractivity contribution in [2.75, 3.05) is 39.0 Å². The van der Waals surface area contributed by atoms with E-state index in [1.165, 1.54) is 39.8 Å². The molecule has 5 atom stereocenters. The van der Waals surface area contributed by atoms with Crippen LogP contribution in [-0.2, 0) is 11.8 Å². The minimum absolute atomic E-state index is 0.0112. The van der Waals surface area contributed by atoms with Crippen molar-refractivity contribution >= 4 is 16.6 Å². The molecule has 4 aliphatic rings. The minimum atomic E-state index is 0.0112. The standard InChI is InChI=1S/C32H40N4/c1-20-16-24-27(30(2,3)17-20)28(29-22(14-15-33-4)21-10-6-8-12-25(21)34-29)31-18-36(5)19-32(24,31)35-26-13-9-7-11-23(26)31/h6-13,16,24,27-28,33-35H,14-15,17-19H2,1-5H3/t24-,27-,28-,31+,32-/m0/s1. The molecule has 4 heteroatoms. The van der Waals surface area contributed by atoms with Gasteiger partial charge in [-0.05, 0) is 75.0 Å². The summed E-state index contributed by atoms with van der Waals surface area (Å²) in [6.07, 6.45) is 4.91. The molecular formula is C32H40N4. The number of para-hydroxylation sites is 2. The number of likely N-dealkylation sites (N-methyl/N-ethyl adjacent to an activating group) is 2. The van der Waals surface area contributed by atoms with E-state index >= 15 is 0 Å². The third-order valence-electron chi connectivity index (χ3n) is 10.3. The Morgan fingerprint density at radius 2 is 1.83 bits per heavy atom. The van der Waals surface area contributed by atoms with Crippen molar-refractivity contribution in [2.45, 2.75) is 50.5 Å².